The first kappa shape index (κ1) is 12.4. The summed E-state index contributed by atoms with van der Waals surface area (Å²) in [6.07, 6.45) is 4.90. The van der Waals surface area contributed by atoms with Crippen LogP contribution in [0.1, 0.15) is 12.8 Å². The van der Waals surface area contributed by atoms with E-state index in [0.29, 0.717) is 18.3 Å². The van der Waals surface area contributed by atoms with Gasteiger partial charge in [0.2, 0.25) is 0 Å². The van der Waals surface area contributed by atoms with Crippen LogP contribution in [0.4, 0.5) is 13.2 Å². The summed E-state index contributed by atoms with van der Waals surface area (Å²) >= 11 is 0. The van der Waals surface area contributed by atoms with Crippen molar-refractivity contribution in [2.45, 2.75) is 19.0 Å². The molecule has 0 radical (unpaired) electrons. The van der Waals surface area contributed by atoms with Crippen molar-refractivity contribution >= 4 is 0 Å². The Morgan fingerprint density at radius 1 is 1.18 bits per heavy atom. The highest BCUT2D eigenvalue weighted by atomic mass is 19.4. The Balaban J connectivity index is 2.20. The molecule has 4 heteroatoms. The van der Waals surface area contributed by atoms with Crippen molar-refractivity contribution in [2.24, 2.45) is 11.8 Å². The summed E-state index contributed by atoms with van der Waals surface area (Å²) in [4.78, 5) is 0. The highest BCUT2D eigenvalue weighted by molar-refractivity contribution is 5.27. The highest BCUT2D eigenvalue weighted by Crippen LogP contribution is 2.30. The minimum Gasteiger partial charge on any atom is -0.316 e. The molecule has 94 valence electrons. The maximum atomic E-state index is 12.7. The van der Waals surface area contributed by atoms with Crippen molar-refractivity contribution in [2.75, 3.05) is 13.1 Å². The highest BCUT2D eigenvalue weighted by Gasteiger charge is 2.32. The van der Waals surface area contributed by atoms with Gasteiger partial charge in [-0.2, -0.15) is 13.2 Å². The molecule has 2 aliphatic rings. The minimum absolute atomic E-state index is 0.308. The zero-order valence-corrected chi connectivity index (χ0v) is 9.50. The average Bonchev–Trinajstić information content (AvgIpc) is 2.26. The molecule has 2 bridgehead atoms. The third-order valence-electron chi connectivity index (χ3n) is 3.24. The maximum Gasteiger partial charge on any atom is 0.416 e. The summed E-state index contributed by atoms with van der Waals surface area (Å²) in [5.41, 5.74) is -0.536. The smallest absolute Gasteiger partial charge is 0.316 e. The molecule has 0 aromatic rings. The fourth-order valence-corrected chi connectivity index (χ4v) is 2.35. The second kappa shape index (κ2) is 5.08. The van der Waals surface area contributed by atoms with E-state index in [-0.39, 0.29) is 0 Å². The topological polar surface area (TPSA) is 12.0 Å². The number of nitrogens with one attached hydrogen (secondary N) is 1. The molecule has 0 aromatic heterocycles. The van der Waals surface area contributed by atoms with Crippen LogP contribution in [0.3, 0.4) is 0 Å². The van der Waals surface area contributed by atoms with Crippen LogP contribution in [-0.2, 0) is 0 Å². The predicted octanol–water partition coefficient (Wildman–Crippen LogP) is 3.22. The number of allylic oxidation sites excluding steroid dienone is 5. The Hall–Kier alpha value is -1.03. The second-order valence-electron chi connectivity index (χ2n) is 4.66. The fourth-order valence-electron chi connectivity index (χ4n) is 2.35. The van der Waals surface area contributed by atoms with Crippen molar-refractivity contribution in [1.82, 2.24) is 5.32 Å². The van der Waals surface area contributed by atoms with E-state index in [1.165, 1.54) is 12.2 Å². The van der Waals surface area contributed by atoms with Gasteiger partial charge < -0.3 is 5.32 Å². The van der Waals surface area contributed by atoms with Gasteiger partial charge in [0.15, 0.2) is 0 Å². The Morgan fingerprint density at radius 3 is 2.76 bits per heavy atom. The van der Waals surface area contributed by atoms with Gasteiger partial charge in [-0.15, -0.1) is 0 Å². The van der Waals surface area contributed by atoms with Crippen molar-refractivity contribution in [3.05, 3.63) is 36.0 Å². The first-order valence-corrected chi connectivity index (χ1v) is 5.88. The average molecular weight is 243 g/mol. The molecule has 1 fully saturated rings. The van der Waals surface area contributed by atoms with Crippen LogP contribution in [0, 0.1) is 11.8 Å². The van der Waals surface area contributed by atoms with Gasteiger partial charge in [0.25, 0.3) is 0 Å². The Bertz CT molecular complexity index is 352. The molecule has 1 saturated heterocycles. The largest absolute Gasteiger partial charge is 0.416 e. The maximum absolute atomic E-state index is 12.7. The number of piperidine rings is 1. The molecule has 0 spiro atoms. The Kier molecular flexibility index (Phi) is 3.72. The second-order valence-corrected chi connectivity index (χ2v) is 4.66. The molecule has 2 unspecified atom stereocenters. The summed E-state index contributed by atoms with van der Waals surface area (Å²) in [6.45, 7) is 1.74. The molecule has 1 heterocycles. The van der Waals surface area contributed by atoms with E-state index in [9.17, 15) is 13.2 Å². The number of rotatable bonds is 0. The minimum atomic E-state index is -4.25. The van der Waals surface area contributed by atoms with Crippen molar-refractivity contribution in [1.29, 1.82) is 0 Å². The van der Waals surface area contributed by atoms with Crippen LogP contribution in [0.2, 0.25) is 0 Å². The summed E-state index contributed by atoms with van der Waals surface area (Å²) in [7, 11) is 0. The van der Waals surface area contributed by atoms with Gasteiger partial charge >= 0.3 is 6.18 Å². The summed E-state index contributed by atoms with van der Waals surface area (Å²) in [5.74, 6) is 0.751. The summed E-state index contributed by atoms with van der Waals surface area (Å²) in [6, 6.07) is 0. The van der Waals surface area contributed by atoms with Crippen LogP contribution in [-0.4, -0.2) is 19.3 Å². The molecule has 1 nitrogen and oxygen atoms in total. The Labute approximate surface area is 99.1 Å². The third kappa shape index (κ3) is 3.46. The lowest BCUT2D eigenvalue weighted by atomic mass is 9.87. The first-order chi connectivity index (χ1) is 8.05. The molecular formula is C13H16F3N. The molecule has 2 atom stereocenters. The molecule has 0 saturated carbocycles. The zero-order valence-electron chi connectivity index (χ0n) is 9.50. The third-order valence-corrected chi connectivity index (χ3v) is 3.24. The van der Waals surface area contributed by atoms with Crippen molar-refractivity contribution in [3.8, 4) is 0 Å². The van der Waals surface area contributed by atoms with Gasteiger partial charge in [0, 0.05) is 6.54 Å². The molecule has 17 heavy (non-hydrogen) atoms. The molecule has 0 amide bonds. The number of hydrogen-bond acceptors (Lipinski definition) is 1. The van der Waals surface area contributed by atoms with Crippen LogP contribution in [0.25, 0.3) is 0 Å². The molecule has 2 rings (SSSR count). The lowest BCUT2D eigenvalue weighted by Crippen LogP contribution is -2.35. The van der Waals surface area contributed by atoms with E-state index < -0.39 is 11.7 Å². The lowest BCUT2D eigenvalue weighted by Gasteiger charge is -2.28. The quantitative estimate of drug-likeness (QED) is 0.689. The standard InChI is InChI=1S/C13H16F3N/c14-13(15,16)12-4-2-1-3-10-7-11(5-6-12)9-17-8-10/h1-4,6,10-11,17H,5,7-9H2. The Morgan fingerprint density at radius 2 is 2.00 bits per heavy atom. The van der Waals surface area contributed by atoms with Gasteiger partial charge in [-0.25, -0.2) is 0 Å². The molecule has 1 N–H and O–H groups in total. The lowest BCUT2D eigenvalue weighted by molar-refractivity contribution is -0.0885. The van der Waals surface area contributed by atoms with Crippen molar-refractivity contribution in [3.63, 3.8) is 0 Å². The number of hydrogen-bond donors (Lipinski definition) is 1. The van der Waals surface area contributed by atoms with Gasteiger partial charge in [-0.3, -0.25) is 0 Å². The molecule has 0 aromatic carbocycles. The van der Waals surface area contributed by atoms with Crippen LogP contribution in [0.5, 0.6) is 0 Å². The number of halogens is 3. The SMILES string of the molecule is FC(F)(F)C1=CCC2CNCC(C=CC=C1)C2. The van der Waals surface area contributed by atoms with Gasteiger partial charge in [-0.05, 0) is 31.2 Å². The first-order valence-electron chi connectivity index (χ1n) is 5.88. The van der Waals surface area contributed by atoms with E-state index >= 15 is 0 Å². The predicted molar refractivity (Wildman–Crippen MR) is 61.5 cm³/mol. The van der Waals surface area contributed by atoms with Gasteiger partial charge in [-0.1, -0.05) is 30.4 Å². The van der Waals surface area contributed by atoms with Gasteiger partial charge in [0.05, 0.1) is 5.57 Å². The molecule has 1 aliphatic carbocycles. The van der Waals surface area contributed by atoms with Crippen LogP contribution >= 0.6 is 0 Å². The summed E-state index contributed by atoms with van der Waals surface area (Å²) < 4.78 is 38.0. The van der Waals surface area contributed by atoms with E-state index in [1.54, 1.807) is 6.08 Å². The fraction of sp³-hybridized carbons (Fsp3) is 0.538. The van der Waals surface area contributed by atoms with E-state index in [0.717, 1.165) is 25.6 Å². The summed E-state index contributed by atoms with van der Waals surface area (Å²) in [5, 5.41) is 3.27. The number of alkyl halides is 3. The normalized spacial score (nSPS) is 29.9. The van der Waals surface area contributed by atoms with E-state index in [2.05, 4.69) is 5.32 Å². The number of fused-ring (bicyclic) bond motifs is 2. The van der Waals surface area contributed by atoms with Crippen molar-refractivity contribution < 1.29 is 13.2 Å². The molecular weight excluding hydrogens is 227 g/mol. The van der Waals surface area contributed by atoms with Crippen LogP contribution in [0.15, 0.2) is 36.0 Å². The molecule has 1 aliphatic heterocycles. The van der Waals surface area contributed by atoms with E-state index in [1.807, 2.05) is 6.08 Å². The zero-order chi connectivity index (χ0) is 12.3. The monoisotopic (exact) mass is 243 g/mol. The van der Waals surface area contributed by atoms with Gasteiger partial charge in [0.1, 0.15) is 0 Å². The van der Waals surface area contributed by atoms with E-state index in [4.69, 9.17) is 0 Å². The van der Waals surface area contributed by atoms with Crippen LogP contribution < -0.4 is 5.32 Å².